The van der Waals surface area contributed by atoms with E-state index in [1.54, 1.807) is 42.5 Å². The predicted molar refractivity (Wildman–Crippen MR) is 95.9 cm³/mol. The molecule has 1 aliphatic heterocycles. The number of carbonyl (C=O) groups is 3. The van der Waals surface area contributed by atoms with Crippen LogP contribution in [-0.2, 0) is 9.53 Å². The minimum atomic E-state index is -0.580. The van der Waals surface area contributed by atoms with E-state index in [2.05, 4.69) is 10.6 Å². The lowest BCUT2D eigenvalue weighted by molar-refractivity contribution is -0.142. The van der Waals surface area contributed by atoms with E-state index in [9.17, 15) is 14.4 Å². The third kappa shape index (κ3) is 5.21. The molecule has 2 aromatic rings. The van der Waals surface area contributed by atoms with Crippen molar-refractivity contribution in [1.29, 1.82) is 0 Å². The molecule has 0 spiro atoms. The number of esters is 1. The van der Waals surface area contributed by atoms with Gasteiger partial charge in [0.15, 0.2) is 23.9 Å². The quantitative estimate of drug-likeness (QED) is 0.573. The zero-order valence-electron chi connectivity index (χ0n) is 14.4. The third-order valence-corrected chi connectivity index (χ3v) is 3.71. The zero-order chi connectivity index (χ0) is 19.1. The first-order valence-corrected chi connectivity index (χ1v) is 8.30. The van der Waals surface area contributed by atoms with Crippen LogP contribution >= 0.6 is 0 Å². The fourth-order valence-corrected chi connectivity index (χ4v) is 2.35. The number of urea groups is 1. The molecular weight excluding hydrogens is 352 g/mol. The van der Waals surface area contributed by atoms with Crippen molar-refractivity contribution in [1.82, 2.24) is 5.32 Å². The second-order valence-electron chi connectivity index (χ2n) is 5.65. The average molecular weight is 370 g/mol. The van der Waals surface area contributed by atoms with E-state index in [-0.39, 0.29) is 32.1 Å². The van der Waals surface area contributed by atoms with E-state index in [1.807, 2.05) is 6.07 Å². The van der Waals surface area contributed by atoms with Crippen LogP contribution in [0.15, 0.2) is 48.5 Å². The van der Waals surface area contributed by atoms with Crippen molar-refractivity contribution in [2.75, 3.05) is 25.3 Å². The Balaban J connectivity index is 1.36. The fourth-order valence-electron chi connectivity index (χ4n) is 2.35. The maximum Gasteiger partial charge on any atom is 0.319 e. The van der Waals surface area contributed by atoms with Crippen LogP contribution in [0.3, 0.4) is 0 Å². The fraction of sp³-hybridized carbons (Fsp3) is 0.211. The summed E-state index contributed by atoms with van der Waals surface area (Å²) in [7, 11) is 0. The van der Waals surface area contributed by atoms with E-state index >= 15 is 0 Å². The monoisotopic (exact) mass is 370 g/mol. The van der Waals surface area contributed by atoms with Crippen LogP contribution in [0, 0.1) is 0 Å². The number of rotatable bonds is 7. The summed E-state index contributed by atoms with van der Waals surface area (Å²) in [5.41, 5.74) is 1.01. The highest BCUT2D eigenvalue weighted by Gasteiger charge is 2.17. The van der Waals surface area contributed by atoms with Crippen molar-refractivity contribution in [3.05, 3.63) is 54.1 Å². The number of benzene rings is 2. The van der Waals surface area contributed by atoms with E-state index in [0.717, 1.165) is 0 Å². The first kappa shape index (κ1) is 18.2. The highest BCUT2D eigenvalue weighted by Crippen LogP contribution is 2.32. The summed E-state index contributed by atoms with van der Waals surface area (Å²) in [5.74, 6) is 0.129. The molecule has 0 fully saturated rings. The summed E-state index contributed by atoms with van der Waals surface area (Å²) in [5, 5.41) is 5.17. The van der Waals surface area contributed by atoms with Crippen molar-refractivity contribution in [3.63, 3.8) is 0 Å². The number of amides is 2. The van der Waals surface area contributed by atoms with E-state index < -0.39 is 12.0 Å². The Morgan fingerprint density at radius 2 is 1.78 bits per heavy atom. The summed E-state index contributed by atoms with van der Waals surface area (Å²) in [4.78, 5) is 35.5. The molecular formula is C19H18N2O6. The van der Waals surface area contributed by atoms with Gasteiger partial charge in [0.05, 0.1) is 6.42 Å². The maximum atomic E-state index is 12.1. The number of fused-ring (bicyclic) bond motifs is 1. The Bertz CT molecular complexity index is 837. The number of ketones is 1. The highest BCUT2D eigenvalue weighted by molar-refractivity contribution is 5.98. The number of hydrogen-bond acceptors (Lipinski definition) is 6. The molecule has 2 aromatic carbocycles. The van der Waals surface area contributed by atoms with Crippen LogP contribution < -0.4 is 20.1 Å². The molecule has 0 bridgehead atoms. The number of Topliss-reactive ketones (excluding diaryl/α,β-unsaturated/α-hetero) is 1. The highest BCUT2D eigenvalue weighted by atomic mass is 16.7. The van der Waals surface area contributed by atoms with Gasteiger partial charge in [0, 0.05) is 17.8 Å². The Labute approximate surface area is 155 Å². The summed E-state index contributed by atoms with van der Waals surface area (Å²) in [6.45, 7) is -0.169. The van der Waals surface area contributed by atoms with Gasteiger partial charge in [-0.05, 0) is 30.3 Å². The SMILES string of the molecule is O=C(NCCC(=O)OCC(=O)c1ccc2c(c1)OCO2)Nc1ccccc1. The van der Waals surface area contributed by atoms with Crippen molar-refractivity contribution in [3.8, 4) is 11.5 Å². The first-order valence-electron chi connectivity index (χ1n) is 8.30. The normalized spacial score (nSPS) is 11.6. The van der Waals surface area contributed by atoms with Gasteiger partial charge in [-0.1, -0.05) is 18.2 Å². The molecule has 27 heavy (non-hydrogen) atoms. The number of para-hydroxylation sites is 1. The van der Waals surface area contributed by atoms with Gasteiger partial charge in [-0.2, -0.15) is 0 Å². The Kier molecular flexibility index (Phi) is 5.88. The largest absolute Gasteiger partial charge is 0.457 e. The standard InChI is InChI=1S/C19H18N2O6/c22-15(13-6-7-16-17(10-13)27-12-26-16)11-25-18(23)8-9-20-19(24)21-14-4-2-1-3-5-14/h1-7,10H,8-9,11-12H2,(H2,20,21,24). The first-order chi connectivity index (χ1) is 13.1. The van der Waals surface area contributed by atoms with Crippen molar-refractivity contribution in [2.45, 2.75) is 6.42 Å². The number of anilines is 1. The van der Waals surface area contributed by atoms with Gasteiger partial charge in [-0.15, -0.1) is 0 Å². The van der Waals surface area contributed by atoms with Crippen molar-refractivity contribution < 1.29 is 28.6 Å². The van der Waals surface area contributed by atoms with Crippen LogP contribution in [0.4, 0.5) is 10.5 Å². The average Bonchev–Trinajstić information content (AvgIpc) is 3.14. The minimum Gasteiger partial charge on any atom is -0.457 e. The Morgan fingerprint density at radius 1 is 1.00 bits per heavy atom. The second-order valence-corrected chi connectivity index (χ2v) is 5.65. The molecule has 0 saturated carbocycles. The van der Waals surface area contributed by atoms with Gasteiger partial charge in [0.25, 0.3) is 0 Å². The molecule has 8 heteroatoms. The number of ether oxygens (including phenoxy) is 3. The molecule has 8 nitrogen and oxygen atoms in total. The topological polar surface area (TPSA) is 103 Å². The molecule has 0 aromatic heterocycles. The number of carbonyl (C=O) groups excluding carboxylic acids is 3. The maximum absolute atomic E-state index is 12.1. The molecule has 0 atom stereocenters. The summed E-state index contributed by atoms with van der Waals surface area (Å²) in [6.07, 6.45) is -0.0450. The molecule has 0 unspecified atom stereocenters. The third-order valence-electron chi connectivity index (χ3n) is 3.71. The lowest BCUT2D eigenvalue weighted by Crippen LogP contribution is -2.31. The van der Waals surface area contributed by atoms with Gasteiger partial charge >= 0.3 is 12.0 Å². The summed E-state index contributed by atoms with van der Waals surface area (Å²) < 4.78 is 15.3. The van der Waals surface area contributed by atoms with Crippen LogP contribution in [0.1, 0.15) is 16.8 Å². The molecule has 0 radical (unpaired) electrons. The van der Waals surface area contributed by atoms with E-state index in [4.69, 9.17) is 14.2 Å². The molecule has 2 N–H and O–H groups in total. The molecule has 1 heterocycles. The predicted octanol–water partition coefficient (Wildman–Crippen LogP) is 2.35. The van der Waals surface area contributed by atoms with Crippen LogP contribution in [-0.4, -0.2) is 37.7 Å². The van der Waals surface area contributed by atoms with Gasteiger partial charge in [0.2, 0.25) is 6.79 Å². The second kappa shape index (κ2) is 8.70. The van der Waals surface area contributed by atoms with E-state index in [1.165, 1.54) is 0 Å². The molecule has 1 aliphatic rings. The lowest BCUT2D eigenvalue weighted by atomic mass is 10.1. The van der Waals surface area contributed by atoms with Crippen LogP contribution in [0.5, 0.6) is 11.5 Å². The zero-order valence-corrected chi connectivity index (χ0v) is 14.4. The molecule has 140 valence electrons. The van der Waals surface area contributed by atoms with Crippen LogP contribution in [0.2, 0.25) is 0 Å². The van der Waals surface area contributed by atoms with Gasteiger partial charge in [0.1, 0.15) is 0 Å². The molecule has 0 saturated heterocycles. The Hall–Kier alpha value is -3.55. The molecule has 0 aliphatic carbocycles. The number of hydrogen-bond donors (Lipinski definition) is 2. The van der Waals surface area contributed by atoms with Gasteiger partial charge in [-0.3, -0.25) is 9.59 Å². The Morgan fingerprint density at radius 3 is 2.59 bits per heavy atom. The number of nitrogens with one attached hydrogen (secondary N) is 2. The van der Waals surface area contributed by atoms with Gasteiger partial charge in [-0.25, -0.2) is 4.79 Å². The smallest absolute Gasteiger partial charge is 0.319 e. The molecule has 3 rings (SSSR count). The van der Waals surface area contributed by atoms with Gasteiger partial charge < -0.3 is 24.8 Å². The van der Waals surface area contributed by atoms with E-state index in [0.29, 0.717) is 22.7 Å². The van der Waals surface area contributed by atoms with Crippen LogP contribution in [0.25, 0.3) is 0 Å². The summed E-state index contributed by atoms with van der Waals surface area (Å²) in [6, 6.07) is 13.3. The van der Waals surface area contributed by atoms with Crippen molar-refractivity contribution in [2.24, 2.45) is 0 Å². The lowest BCUT2D eigenvalue weighted by Gasteiger charge is -2.08. The van der Waals surface area contributed by atoms with Crippen molar-refractivity contribution >= 4 is 23.5 Å². The minimum absolute atomic E-state index is 0.0450. The molecule has 2 amide bonds. The summed E-state index contributed by atoms with van der Waals surface area (Å²) >= 11 is 0.